The van der Waals surface area contributed by atoms with Crippen LogP contribution in [0.3, 0.4) is 0 Å². The van der Waals surface area contributed by atoms with Crippen molar-refractivity contribution in [2.24, 2.45) is 11.8 Å². The third-order valence-corrected chi connectivity index (χ3v) is 17.9. The summed E-state index contributed by atoms with van der Waals surface area (Å²) in [6.07, 6.45) is 46.2. The third-order valence-electron chi connectivity index (χ3n) is 16.0. The lowest BCUT2D eigenvalue weighted by Gasteiger charge is -2.21. The van der Waals surface area contributed by atoms with Gasteiger partial charge in [0.15, 0.2) is 12.2 Å². The number of esters is 4. The zero-order valence-corrected chi connectivity index (χ0v) is 58.8. The number of unbranched alkanes of at least 4 members (excludes halogenated alkanes) is 38. The number of aliphatic hydroxyl groups excluding tert-OH is 1. The summed E-state index contributed by atoms with van der Waals surface area (Å²) in [4.78, 5) is 72.2. The molecule has 0 saturated heterocycles. The van der Waals surface area contributed by atoms with Crippen LogP contribution in [0, 0.1) is 11.8 Å². The fourth-order valence-corrected chi connectivity index (χ4v) is 12.0. The van der Waals surface area contributed by atoms with Crippen molar-refractivity contribution in [3.05, 3.63) is 0 Å². The molecular weight excluding hydrogens is 1160 g/mol. The Kier molecular flexibility index (Phi) is 59.9. The molecule has 2 unspecified atom stereocenters. The van der Waals surface area contributed by atoms with Gasteiger partial charge in [0, 0.05) is 25.7 Å². The van der Waals surface area contributed by atoms with Crippen molar-refractivity contribution in [2.45, 2.75) is 368 Å². The highest BCUT2D eigenvalue weighted by molar-refractivity contribution is 7.47. The van der Waals surface area contributed by atoms with Gasteiger partial charge in [0.2, 0.25) is 0 Å². The topological polar surface area (TPSA) is 237 Å². The number of phosphoric ester groups is 2. The summed E-state index contributed by atoms with van der Waals surface area (Å²) >= 11 is 0. The number of rotatable bonds is 68. The van der Waals surface area contributed by atoms with Crippen LogP contribution in [0.2, 0.25) is 0 Å². The van der Waals surface area contributed by atoms with Gasteiger partial charge in [-0.3, -0.25) is 37.3 Å². The lowest BCUT2D eigenvalue weighted by atomic mass is 10.0. The molecule has 88 heavy (non-hydrogen) atoms. The molecule has 3 N–H and O–H groups in total. The Morgan fingerprint density at radius 3 is 0.773 bits per heavy atom. The Bertz CT molecular complexity index is 1720. The van der Waals surface area contributed by atoms with Gasteiger partial charge in [0.05, 0.1) is 26.4 Å². The highest BCUT2D eigenvalue weighted by Crippen LogP contribution is 2.45. The Hall–Kier alpha value is -1.94. The smallest absolute Gasteiger partial charge is 0.462 e. The highest BCUT2D eigenvalue weighted by Gasteiger charge is 2.30. The largest absolute Gasteiger partial charge is 0.472 e. The second-order valence-electron chi connectivity index (χ2n) is 25.9. The van der Waals surface area contributed by atoms with Crippen molar-refractivity contribution >= 4 is 39.5 Å². The van der Waals surface area contributed by atoms with Crippen LogP contribution < -0.4 is 0 Å². The lowest BCUT2D eigenvalue weighted by Crippen LogP contribution is -2.30. The summed E-state index contributed by atoms with van der Waals surface area (Å²) in [5, 5.41) is 10.5. The molecule has 0 aliphatic rings. The molecule has 0 aliphatic heterocycles. The molecule has 19 heteroatoms. The molecule has 0 aromatic carbocycles. The number of aliphatic hydroxyl groups is 1. The molecule has 0 heterocycles. The van der Waals surface area contributed by atoms with Gasteiger partial charge in [-0.25, -0.2) is 9.13 Å². The van der Waals surface area contributed by atoms with Gasteiger partial charge in [0.25, 0.3) is 0 Å². The summed E-state index contributed by atoms with van der Waals surface area (Å²) in [6, 6.07) is 0. The number of carbonyl (C=O) groups is 4. The SMILES string of the molecule is CCCCCCCCCCCCCCC(=O)O[C@H](COC(=O)CCCCCCC)COP(=O)(O)OC[C@H](O)COP(=O)(O)OC[C@@H](COC(=O)CCCCCCCCCCCC(C)C)OC(=O)CCCCCCCCCCCCCCCCCCC(C)C. The summed E-state index contributed by atoms with van der Waals surface area (Å²) in [5.41, 5.74) is 0. The maximum Gasteiger partial charge on any atom is 0.472 e. The van der Waals surface area contributed by atoms with Gasteiger partial charge in [-0.1, -0.05) is 298 Å². The van der Waals surface area contributed by atoms with Crippen LogP contribution in [0.25, 0.3) is 0 Å². The van der Waals surface area contributed by atoms with E-state index < -0.39 is 97.5 Å². The molecule has 17 nitrogen and oxygen atoms in total. The van der Waals surface area contributed by atoms with E-state index in [1.807, 2.05) is 0 Å². The summed E-state index contributed by atoms with van der Waals surface area (Å²) in [6.45, 7) is 9.46. The van der Waals surface area contributed by atoms with Gasteiger partial charge in [-0.2, -0.15) is 0 Å². The molecule has 0 amide bonds. The van der Waals surface area contributed by atoms with E-state index in [4.69, 9.17) is 37.0 Å². The minimum absolute atomic E-state index is 0.106. The minimum atomic E-state index is -4.95. The Balaban J connectivity index is 5.13. The Morgan fingerprint density at radius 1 is 0.307 bits per heavy atom. The van der Waals surface area contributed by atoms with Crippen LogP contribution in [0.15, 0.2) is 0 Å². The Labute approximate surface area is 537 Å². The van der Waals surface area contributed by atoms with Crippen LogP contribution in [-0.4, -0.2) is 96.7 Å². The molecule has 0 aromatic heterocycles. The number of carbonyl (C=O) groups excluding carboxylic acids is 4. The monoisotopic (exact) mass is 1300 g/mol. The fourth-order valence-electron chi connectivity index (χ4n) is 10.4. The van der Waals surface area contributed by atoms with E-state index in [0.717, 1.165) is 108 Å². The zero-order chi connectivity index (χ0) is 65.0. The van der Waals surface area contributed by atoms with Crippen LogP contribution in [0.4, 0.5) is 0 Å². The van der Waals surface area contributed by atoms with Crippen LogP contribution in [0.1, 0.15) is 350 Å². The predicted molar refractivity (Wildman–Crippen MR) is 354 cm³/mol. The van der Waals surface area contributed by atoms with E-state index in [9.17, 15) is 43.2 Å². The average Bonchev–Trinajstić information content (AvgIpc) is 3.51. The molecule has 0 fully saturated rings. The summed E-state index contributed by atoms with van der Waals surface area (Å²) < 4.78 is 68.0. The van der Waals surface area contributed by atoms with Gasteiger partial charge in [0.1, 0.15) is 19.3 Å². The van der Waals surface area contributed by atoms with Gasteiger partial charge < -0.3 is 33.8 Å². The van der Waals surface area contributed by atoms with Crippen molar-refractivity contribution in [3.8, 4) is 0 Å². The van der Waals surface area contributed by atoms with Gasteiger partial charge >= 0.3 is 39.5 Å². The molecule has 0 aromatic rings. The van der Waals surface area contributed by atoms with Crippen molar-refractivity contribution in [2.75, 3.05) is 39.6 Å². The molecule has 0 aliphatic carbocycles. The third kappa shape index (κ3) is 62.8. The van der Waals surface area contributed by atoms with E-state index >= 15 is 0 Å². The first-order valence-electron chi connectivity index (χ1n) is 36.0. The van der Waals surface area contributed by atoms with Crippen molar-refractivity contribution in [1.29, 1.82) is 0 Å². The van der Waals surface area contributed by atoms with E-state index in [1.165, 1.54) is 161 Å². The number of ether oxygens (including phenoxy) is 4. The molecule has 0 saturated carbocycles. The van der Waals surface area contributed by atoms with Gasteiger partial charge in [-0.05, 0) is 37.5 Å². The van der Waals surface area contributed by atoms with Crippen molar-refractivity contribution in [1.82, 2.24) is 0 Å². The first-order chi connectivity index (χ1) is 42.4. The van der Waals surface area contributed by atoms with Crippen molar-refractivity contribution < 1.29 is 80.2 Å². The number of hydrogen-bond acceptors (Lipinski definition) is 15. The second-order valence-corrected chi connectivity index (χ2v) is 28.8. The van der Waals surface area contributed by atoms with E-state index in [-0.39, 0.29) is 25.7 Å². The average molecular weight is 1300 g/mol. The van der Waals surface area contributed by atoms with Crippen LogP contribution in [0.5, 0.6) is 0 Å². The molecule has 5 atom stereocenters. The number of phosphoric acid groups is 2. The normalized spacial score (nSPS) is 14.2. The summed E-state index contributed by atoms with van der Waals surface area (Å²) in [7, 11) is -9.89. The molecule has 522 valence electrons. The molecule has 0 spiro atoms. The van der Waals surface area contributed by atoms with E-state index in [0.29, 0.717) is 25.7 Å². The molecule has 0 radical (unpaired) electrons. The maximum absolute atomic E-state index is 13.0. The zero-order valence-electron chi connectivity index (χ0n) is 57.0. The predicted octanol–water partition coefficient (Wildman–Crippen LogP) is 19.6. The maximum atomic E-state index is 13.0. The lowest BCUT2D eigenvalue weighted by molar-refractivity contribution is -0.161. The minimum Gasteiger partial charge on any atom is -0.462 e. The van der Waals surface area contributed by atoms with E-state index in [1.54, 1.807) is 0 Å². The quantitative estimate of drug-likeness (QED) is 0.0222. The van der Waals surface area contributed by atoms with Crippen LogP contribution >= 0.6 is 15.6 Å². The molecule has 0 rings (SSSR count). The highest BCUT2D eigenvalue weighted by atomic mass is 31.2. The van der Waals surface area contributed by atoms with Crippen LogP contribution in [-0.2, 0) is 65.4 Å². The summed E-state index contributed by atoms with van der Waals surface area (Å²) in [5.74, 6) is -0.583. The fraction of sp³-hybridized carbons (Fsp3) is 0.942. The van der Waals surface area contributed by atoms with E-state index in [2.05, 4.69) is 41.5 Å². The number of hydrogen-bond donors (Lipinski definition) is 3. The first kappa shape index (κ1) is 86.1. The molecule has 0 bridgehead atoms. The standard InChI is InChI=1S/C69H134O17P2/c1-7-9-11-13-14-15-16-24-29-35-41-47-53-68(73)85-64(57-79-66(71)51-45-37-12-10-8-2)59-83-87(75,76)81-55-63(70)56-82-88(77,78)84-60-65(58-80-67(72)52-46-40-34-31-26-28-33-39-44-50-62(5)6)86-69(74)54-48-42-36-30-25-22-20-18-17-19-21-23-27-32-38-43-49-61(3)4/h61-65,70H,7-60H2,1-6H3,(H,75,76)(H,77,78)/t63-,64+,65+/m0/s1. The van der Waals surface area contributed by atoms with Crippen molar-refractivity contribution in [3.63, 3.8) is 0 Å². The first-order valence-corrected chi connectivity index (χ1v) is 39.0. The Morgan fingerprint density at radius 2 is 0.523 bits per heavy atom. The second kappa shape index (κ2) is 61.3. The molecular formula is C69H134O17P2. The van der Waals surface area contributed by atoms with Gasteiger partial charge in [-0.15, -0.1) is 0 Å².